The van der Waals surface area contributed by atoms with E-state index in [1.807, 2.05) is 18.4 Å². The Morgan fingerprint density at radius 2 is 2.50 bits per heavy atom. The molecule has 90 valence electrons. The van der Waals surface area contributed by atoms with Gasteiger partial charge in [-0.05, 0) is 45.8 Å². The maximum Gasteiger partial charge on any atom is 0.110 e. The predicted octanol–water partition coefficient (Wildman–Crippen LogP) is 2.11. The van der Waals surface area contributed by atoms with E-state index in [-0.39, 0.29) is 0 Å². The number of aryl methyl sites for hydroxylation is 1. The van der Waals surface area contributed by atoms with Crippen molar-refractivity contribution >= 4 is 11.3 Å². The summed E-state index contributed by atoms with van der Waals surface area (Å²) < 4.78 is 0. The van der Waals surface area contributed by atoms with Gasteiger partial charge >= 0.3 is 0 Å². The number of nitrogens with zero attached hydrogens (tertiary/aromatic N) is 1. The molecule has 0 saturated carbocycles. The summed E-state index contributed by atoms with van der Waals surface area (Å²) in [6.07, 6.45) is 6.19. The van der Waals surface area contributed by atoms with E-state index in [2.05, 4.69) is 16.0 Å². The SMILES string of the molecule is CNCCCc1csc(C2CCCCN2)n1. The Labute approximate surface area is 102 Å². The van der Waals surface area contributed by atoms with Crippen LogP contribution in [0.5, 0.6) is 0 Å². The summed E-state index contributed by atoms with van der Waals surface area (Å²) in [7, 11) is 2.00. The van der Waals surface area contributed by atoms with Crippen molar-refractivity contribution in [1.82, 2.24) is 15.6 Å². The summed E-state index contributed by atoms with van der Waals surface area (Å²) in [6.45, 7) is 2.23. The fourth-order valence-electron chi connectivity index (χ4n) is 2.11. The summed E-state index contributed by atoms with van der Waals surface area (Å²) in [6, 6.07) is 0.525. The van der Waals surface area contributed by atoms with Crippen LogP contribution >= 0.6 is 11.3 Å². The third-order valence-corrected chi connectivity index (χ3v) is 4.04. The fraction of sp³-hybridized carbons (Fsp3) is 0.750. The Balaban J connectivity index is 1.85. The zero-order valence-electron chi connectivity index (χ0n) is 9.96. The molecule has 2 heterocycles. The second-order valence-electron chi connectivity index (χ2n) is 4.39. The second kappa shape index (κ2) is 6.33. The van der Waals surface area contributed by atoms with Crippen molar-refractivity contribution in [3.05, 3.63) is 16.1 Å². The molecule has 0 spiro atoms. The van der Waals surface area contributed by atoms with Gasteiger partial charge in [-0.2, -0.15) is 0 Å². The van der Waals surface area contributed by atoms with Gasteiger partial charge in [0, 0.05) is 5.38 Å². The Morgan fingerprint density at radius 1 is 1.56 bits per heavy atom. The molecule has 0 radical (unpaired) electrons. The second-order valence-corrected chi connectivity index (χ2v) is 5.28. The number of hydrogen-bond acceptors (Lipinski definition) is 4. The number of thiazole rings is 1. The largest absolute Gasteiger partial charge is 0.320 e. The maximum atomic E-state index is 4.73. The van der Waals surface area contributed by atoms with Gasteiger partial charge in [0.15, 0.2) is 0 Å². The highest BCUT2D eigenvalue weighted by Crippen LogP contribution is 2.25. The molecule has 3 nitrogen and oxygen atoms in total. The number of nitrogens with one attached hydrogen (secondary N) is 2. The molecule has 1 aliphatic heterocycles. The summed E-state index contributed by atoms with van der Waals surface area (Å²) in [4.78, 5) is 4.73. The van der Waals surface area contributed by atoms with E-state index < -0.39 is 0 Å². The van der Waals surface area contributed by atoms with Crippen molar-refractivity contribution in [1.29, 1.82) is 0 Å². The predicted molar refractivity (Wildman–Crippen MR) is 69.0 cm³/mol. The molecular formula is C12H21N3S. The Morgan fingerprint density at radius 3 is 3.25 bits per heavy atom. The molecule has 2 rings (SSSR count). The van der Waals surface area contributed by atoms with Crippen molar-refractivity contribution < 1.29 is 0 Å². The summed E-state index contributed by atoms with van der Waals surface area (Å²) in [5, 5.41) is 10.2. The smallest absolute Gasteiger partial charge is 0.110 e. The standard InChI is InChI=1S/C12H21N3S/c1-13-7-4-5-10-9-16-12(15-10)11-6-2-3-8-14-11/h9,11,13-14H,2-8H2,1H3. The molecule has 1 atom stereocenters. The van der Waals surface area contributed by atoms with Crippen LogP contribution in [0.15, 0.2) is 5.38 Å². The van der Waals surface area contributed by atoms with Crippen LogP contribution in [-0.2, 0) is 6.42 Å². The van der Waals surface area contributed by atoms with Crippen molar-refractivity contribution in [2.75, 3.05) is 20.1 Å². The average molecular weight is 239 g/mol. The van der Waals surface area contributed by atoms with E-state index in [0.29, 0.717) is 6.04 Å². The third-order valence-electron chi connectivity index (χ3n) is 3.04. The van der Waals surface area contributed by atoms with E-state index in [0.717, 1.165) is 19.5 Å². The molecule has 1 aliphatic rings. The molecule has 0 bridgehead atoms. The van der Waals surface area contributed by atoms with Gasteiger partial charge < -0.3 is 10.6 Å². The molecule has 1 aromatic heterocycles. The normalized spacial score (nSPS) is 21.2. The monoisotopic (exact) mass is 239 g/mol. The van der Waals surface area contributed by atoms with Crippen LogP contribution in [0.25, 0.3) is 0 Å². The number of aromatic nitrogens is 1. The Hall–Kier alpha value is -0.450. The molecule has 1 unspecified atom stereocenters. The maximum absolute atomic E-state index is 4.73. The van der Waals surface area contributed by atoms with Crippen molar-refractivity contribution in [2.45, 2.75) is 38.1 Å². The molecule has 0 amide bonds. The lowest BCUT2D eigenvalue weighted by Crippen LogP contribution is -2.26. The van der Waals surface area contributed by atoms with Crippen LogP contribution in [0.2, 0.25) is 0 Å². The van der Waals surface area contributed by atoms with Gasteiger partial charge in [0.2, 0.25) is 0 Å². The highest BCUT2D eigenvalue weighted by atomic mass is 32.1. The molecule has 1 saturated heterocycles. The van der Waals surface area contributed by atoms with Crippen molar-refractivity contribution in [3.8, 4) is 0 Å². The first-order valence-electron chi connectivity index (χ1n) is 6.22. The number of hydrogen-bond donors (Lipinski definition) is 2. The first-order chi connectivity index (χ1) is 7.90. The highest BCUT2D eigenvalue weighted by Gasteiger charge is 2.17. The van der Waals surface area contributed by atoms with E-state index in [1.165, 1.54) is 36.4 Å². The van der Waals surface area contributed by atoms with Crippen LogP contribution in [0, 0.1) is 0 Å². The number of piperidine rings is 1. The summed E-state index contributed by atoms with van der Waals surface area (Å²) in [5.74, 6) is 0. The quantitative estimate of drug-likeness (QED) is 0.773. The van der Waals surface area contributed by atoms with Gasteiger partial charge in [-0.3, -0.25) is 0 Å². The van der Waals surface area contributed by atoms with E-state index in [4.69, 9.17) is 4.98 Å². The third kappa shape index (κ3) is 3.27. The first-order valence-corrected chi connectivity index (χ1v) is 7.10. The lowest BCUT2D eigenvalue weighted by atomic mass is 10.1. The average Bonchev–Trinajstić information content (AvgIpc) is 2.79. The van der Waals surface area contributed by atoms with Gasteiger partial charge in [0.1, 0.15) is 5.01 Å². The van der Waals surface area contributed by atoms with Gasteiger partial charge in [-0.1, -0.05) is 6.42 Å². The Bertz CT molecular complexity index is 305. The van der Waals surface area contributed by atoms with Crippen molar-refractivity contribution in [3.63, 3.8) is 0 Å². The highest BCUT2D eigenvalue weighted by molar-refractivity contribution is 7.09. The number of rotatable bonds is 5. The van der Waals surface area contributed by atoms with Gasteiger partial charge in [-0.25, -0.2) is 4.98 Å². The van der Waals surface area contributed by atoms with Crippen LogP contribution in [0.4, 0.5) is 0 Å². The molecule has 4 heteroatoms. The topological polar surface area (TPSA) is 37.0 Å². The lowest BCUT2D eigenvalue weighted by Gasteiger charge is -2.21. The zero-order chi connectivity index (χ0) is 11.2. The van der Waals surface area contributed by atoms with Gasteiger partial charge in [0.05, 0.1) is 11.7 Å². The van der Waals surface area contributed by atoms with Crippen molar-refractivity contribution in [2.24, 2.45) is 0 Å². The molecular weight excluding hydrogens is 218 g/mol. The van der Waals surface area contributed by atoms with E-state index in [1.54, 1.807) is 0 Å². The first kappa shape index (κ1) is 12.0. The molecule has 1 fully saturated rings. The van der Waals surface area contributed by atoms with Crippen LogP contribution < -0.4 is 10.6 Å². The minimum absolute atomic E-state index is 0.525. The minimum atomic E-state index is 0.525. The van der Waals surface area contributed by atoms with Crippen LogP contribution in [-0.4, -0.2) is 25.1 Å². The van der Waals surface area contributed by atoms with E-state index in [9.17, 15) is 0 Å². The van der Waals surface area contributed by atoms with Gasteiger partial charge in [-0.15, -0.1) is 11.3 Å². The molecule has 0 aliphatic carbocycles. The van der Waals surface area contributed by atoms with Crippen LogP contribution in [0.1, 0.15) is 42.4 Å². The minimum Gasteiger partial charge on any atom is -0.320 e. The molecule has 2 N–H and O–H groups in total. The lowest BCUT2D eigenvalue weighted by molar-refractivity contribution is 0.410. The Kier molecular flexibility index (Phi) is 4.75. The zero-order valence-corrected chi connectivity index (χ0v) is 10.8. The molecule has 1 aromatic rings. The van der Waals surface area contributed by atoms with Crippen LogP contribution in [0.3, 0.4) is 0 Å². The summed E-state index contributed by atoms with van der Waals surface area (Å²) >= 11 is 1.82. The molecule has 0 aromatic carbocycles. The van der Waals surface area contributed by atoms with E-state index >= 15 is 0 Å². The fourth-order valence-corrected chi connectivity index (χ4v) is 3.07. The molecule has 16 heavy (non-hydrogen) atoms. The summed E-state index contributed by atoms with van der Waals surface area (Å²) in [5.41, 5.74) is 1.27. The van der Waals surface area contributed by atoms with Gasteiger partial charge in [0.25, 0.3) is 0 Å².